The van der Waals surface area contributed by atoms with Gasteiger partial charge in [-0.25, -0.2) is 9.59 Å². The van der Waals surface area contributed by atoms with E-state index in [4.69, 9.17) is 4.74 Å². The first-order valence-corrected chi connectivity index (χ1v) is 13.3. The molecule has 0 saturated heterocycles. The Balaban J connectivity index is 1.46. The molecule has 2 aromatic carbocycles. The third-order valence-corrected chi connectivity index (χ3v) is 7.12. The maximum Gasteiger partial charge on any atom is 0.407 e. The van der Waals surface area contributed by atoms with Crippen molar-refractivity contribution in [2.75, 3.05) is 13.2 Å². The number of carboxylic acid groups (broad SMARTS) is 1. The number of amides is 1. The summed E-state index contributed by atoms with van der Waals surface area (Å²) in [7, 11) is 0. The molecule has 0 radical (unpaired) electrons. The highest BCUT2D eigenvalue weighted by atomic mass is 16.5. The summed E-state index contributed by atoms with van der Waals surface area (Å²) in [5.74, 6) is -1.62. The smallest absolute Gasteiger partial charge is 0.407 e. The van der Waals surface area contributed by atoms with E-state index in [1.54, 1.807) is 0 Å². The van der Waals surface area contributed by atoms with Crippen molar-refractivity contribution >= 4 is 23.6 Å². The minimum atomic E-state index is -1.35. The summed E-state index contributed by atoms with van der Waals surface area (Å²) in [6.45, 7) is 7.43. The fourth-order valence-corrected chi connectivity index (χ4v) is 5.43. The van der Waals surface area contributed by atoms with Crippen molar-refractivity contribution in [3.63, 3.8) is 0 Å². The molecule has 2 aromatic rings. The second-order valence-corrected chi connectivity index (χ2v) is 11.5. The number of allylic oxidation sites excluding steroid dienone is 2. The molecule has 8 nitrogen and oxygen atoms in total. The fraction of sp³-hybridized carbons (Fsp3) is 0.419. The molecular weight excluding hydrogens is 496 g/mol. The van der Waals surface area contributed by atoms with Gasteiger partial charge in [-0.15, -0.1) is 0 Å². The lowest BCUT2D eigenvalue weighted by Gasteiger charge is -2.30. The Bertz CT molecular complexity index is 1290. The van der Waals surface area contributed by atoms with Crippen molar-refractivity contribution < 1.29 is 29.3 Å². The molecule has 0 aromatic heterocycles. The van der Waals surface area contributed by atoms with Gasteiger partial charge in [0.25, 0.3) is 0 Å². The van der Waals surface area contributed by atoms with Gasteiger partial charge in [0.2, 0.25) is 0 Å². The number of carbonyl (C=O) groups is 3. The van der Waals surface area contributed by atoms with Crippen LogP contribution in [0.25, 0.3) is 11.1 Å². The Morgan fingerprint density at radius 1 is 1.05 bits per heavy atom. The number of aliphatic imine (C=N–C) groups is 1. The molecule has 0 spiro atoms. The number of carboxylic acids is 1. The minimum absolute atomic E-state index is 0.0655. The summed E-state index contributed by atoms with van der Waals surface area (Å²) >= 11 is 0. The molecule has 4 rings (SSSR count). The van der Waals surface area contributed by atoms with Gasteiger partial charge in [-0.3, -0.25) is 9.79 Å². The largest absolute Gasteiger partial charge is 0.511 e. The highest BCUT2D eigenvalue weighted by Crippen LogP contribution is 2.44. The number of nitrogens with zero attached hydrogens (tertiary/aromatic N) is 1. The molecule has 0 unspecified atom stereocenters. The highest BCUT2D eigenvalue weighted by molar-refractivity contribution is 6.23. The van der Waals surface area contributed by atoms with E-state index in [0.717, 1.165) is 22.3 Å². The van der Waals surface area contributed by atoms with E-state index in [1.807, 2.05) is 76.2 Å². The Morgan fingerprint density at radius 3 is 2.18 bits per heavy atom. The fourth-order valence-electron chi connectivity index (χ4n) is 5.43. The second-order valence-electron chi connectivity index (χ2n) is 11.5. The van der Waals surface area contributed by atoms with E-state index >= 15 is 0 Å². The molecule has 1 atom stereocenters. The summed E-state index contributed by atoms with van der Waals surface area (Å²) in [6, 6.07) is 14.6. The van der Waals surface area contributed by atoms with Crippen LogP contribution in [0, 0.1) is 11.3 Å². The number of alkyl carbamates (subject to hydrolysis) is 1. The molecule has 0 fully saturated rings. The van der Waals surface area contributed by atoms with Gasteiger partial charge in [0.05, 0.1) is 17.8 Å². The van der Waals surface area contributed by atoms with Crippen molar-refractivity contribution in [1.29, 1.82) is 0 Å². The average Bonchev–Trinajstić information content (AvgIpc) is 3.17. The Hall–Kier alpha value is -3.94. The predicted octanol–water partition coefficient (Wildman–Crippen LogP) is 5.67. The predicted molar refractivity (Wildman–Crippen MR) is 149 cm³/mol. The van der Waals surface area contributed by atoms with Gasteiger partial charge in [-0.05, 0) is 40.0 Å². The van der Waals surface area contributed by atoms with E-state index in [2.05, 4.69) is 10.3 Å². The first-order valence-electron chi connectivity index (χ1n) is 13.3. The third-order valence-electron chi connectivity index (χ3n) is 7.12. The first-order chi connectivity index (χ1) is 18.5. The number of hydrogen-bond acceptors (Lipinski definition) is 6. The Labute approximate surface area is 228 Å². The van der Waals surface area contributed by atoms with Crippen molar-refractivity contribution in [1.82, 2.24) is 5.32 Å². The number of rotatable bonds is 9. The van der Waals surface area contributed by atoms with Crippen LogP contribution in [0.15, 0.2) is 64.9 Å². The van der Waals surface area contributed by atoms with Crippen LogP contribution in [-0.4, -0.2) is 53.0 Å². The Kier molecular flexibility index (Phi) is 8.23. The van der Waals surface area contributed by atoms with Crippen molar-refractivity contribution in [2.45, 2.75) is 58.9 Å². The summed E-state index contributed by atoms with van der Waals surface area (Å²) in [6.07, 6.45) is 0.113. The van der Waals surface area contributed by atoms with Crippen LogP contribution in [-0.2, 0) is 14.3 Å². The lowest BCUT2D eigenvalue weighted by molar-refractivity contribution is -0.138. The number of carbonyl (C=O) groups excluding carboxylic acids is 2. The number of fused-ring (bicyclic) bond motifs is 3. The van der Waals surface area contributed by atoms with Crippen molar-refractivity contribution in [3.8, 4) is 11.1 Å². The molecule has 2 aliphatic carbocycles. The minimum Gasteiger partial charge on any atom is -0.511 e. The molecule has 2 aliphatic rings. The number of ketones is 1. The van der Waals surface area contributed by atoms with Gasteiger partial charge in [0.1, 0.15) is 12.4 Å². The summed E-state index contributed by atoms with van der Waals surface area (Å²) in [4.78, 5) is 42.0. The van der Waals surface area contributed by atoms with Crippen LogP contribution in [0.4, 0.5) is 4.79 Å². The van der Waals surface area contributed by atoms with Crippen LogP contribution in [0.2, 0.25) is 0 Å². The highest BCUT2D eigenvalue weighted by Gasteiger charge is 2.36. The van der Waals surface area contributed by atoms with Gasteiger partial charge in [0, 0.05) is 18.8 Å². The molecule has 0 bridgehead atoms. The zero-order chi connectivity index (χ0) is 28.3. The summed E-state index contributed by atoms with van der Waals surface area (Å²) < 4.78 is 5.52. The van der Waals surface area contributed by atoms with Crippen LogP contribution >= 0.6 is 0 Å². The standard InChI is InChI=1S/C31H36N2O6/c1-18(2)13-24(28-26(34)14-31(3,4)15-27(28)35)33-25(29(36)37)16-32-30(38)39-17-23-21-11-7-5-9-19(21)20-10-6-8-12-22(20)23/h5-12,18,23,25,34H,13-17H2,1-4H3,(H,32,38)(H,36,37)/t25-/m0/s1. The quantitative estimate of drug-likeness (QED) is 0.358. The molecule has 0 heterocycles. The van der Waals surface area contributed by atoms with Crippen LogP contribution in [0.1, 0.15) is 64.0 Å². The molecule has 39 heavy (non-hydrogen) atoms. The lowest BCUT2D eigenvalue weighted by Crippen LogP contribution is -2.38. The van der Waals surface area contributed by atoms with Crippen molar-refractivity contribution in [3.05, 3.63) is 71.0 Å². The normalized spacial score (nSPS) is 17.6. The molecular formula is C31H36N2O6. The van der Waals surface area contributed by atoms with Crippen LogP contribution in [0.3, 0.4) is 0 Å². The van der Waals surface area contributed by atoms with Gasteiger partial charge < -0.3 is 20.3 Å². The van der Waals surface area contributed by atoms with Crippen molar-refractivity contribution in [2.24, 2.45) is 16.3 Å². The summed E-state index contributed by atoms with van der Waals surface area (Å²) in [5.41, 5.74) is 4.35. The molecule has 0 aliphatic heterocycles. The number of Topliss-reactive ketones (excluding diaryl/α,β-unsaturated/α-hetero) is 1. The van der Waals surface area contributed by atoms with Gasteiger partial charge >= 0.3 is 12.1 Å². The maximum atomic E-state index is 12.9. The van der Waals surface area contributed by atoms with Crippen LogP contribution in [0.5, 0.6) is 0 Å². The first kappa shape index (κ1) is 28.1. The number of ether oxygens (including phenoxy) is 1. The van der Waals surface area contributed by atoms with Gasteiger partial charge in [0.15, 0.2) is 11.8 Å². The van der Waals surface area contributed by atoms with E-state index < -0.39 is 18.1 Å². The average molecular weight is 533 g/mol. The number of hydrogen-bond donors (Lipinski definition) is 3. The number of benzene rings is 2. The van der Waals surface area contributed by atoms with E-state index in [0.29, 0.717) is 12.8 Å². The van der Waals surface area contributed by atoms with Gasteiger partial charge in [-0.2, -0.15) is 0 Å². The van der Waals surface area contributed by atoms with Crippen LogP contribution < -0.4 is 5.32 Å². The third kappa shape index (κ3) is 6.38. The molecule has 0 saturated carbocycles. The van der Waals surface area contributed by atoms with E-state index in [9.17, 15) is 24.6 Å². The van der Waals surface area contributed by atoms with E-state index in [1.165, 1.54) is 0 Å². The number of aliphatic hydroxyl groups excluding tert-OH is 1. The molecule has 8 heteroatoms. The summed E-state index contributed by atoms with van der Waals surface area (Å²) in [5, 5.41) is 23.0. The number of aliphatic hydroxyl groups is 1. The molecule has 206 valence electrons. The monoisotopic (exact) mass is 532 g/mol. The lowest BCUT2D eigenvalue weighted by atomic mass is 9.75. The maximum absolute atomic E-state index is 12.9. The number of aliphatic carboxylic acids is 1. The van der Waals surface area contributed by atoms with Gasteiger partial charge in [-0.1, -0.05) is 76.2 Å². The Morgan fingerprint density at radius 2 is 1.64 bits per heavy atom. The SMILES string of the molecule is CC(C)CC(=N[C@@H](CNC(=O)OCC1c2ccccc2-c2ccccc21)C(=O)O)C1=C(O)CC(C)(C)CC1=O. The molecule has 3 N–H and O–H groups in total. The molecule has 1 amide bonds. The zero-order valence-electron chi connectivity index (χ0n) is 22.9. The number of nitrogens with one attached hydrogen (secondary N) is 1. The topological polar surface area (TPSA) is 125 Å². The van der Waals surface area contributed by atoms with E-state index in [-0.39, 0.29) is 59.7 Å². The zero-order valence-corrected chi connectivity index (χ0v) is 22.9. The second kappa shape index (κ2) is 11.4.